The summed E-state index contributed by atoms with van der Waals surface area (Å²) in [5, 5.41) is 0. The van der Waals surface area contributed by atoms with E-state index in [4.69, 9.17) is 10.2 Å². The molecule has 3 heteroatoms. The van der Waals surface area contributed by atoms with Gasteiger partial charge >= 0.3 is 0 Å². The Morgan fingerprint density at radius 1 is 1.29 bits per heavy atom. The van der Waals surface area contributed by atoms with Gasteiger partial charge in [0.2, 0.25) is 0 Å². The van der Waals surface area contributed by atoms with Crippen LogP contribution in [0, 0.1) is 5.82 Å². The molecule has 0 spiro atoms. The highest BCUT2D eigenvalue weighted by atomic mass is 19.1. The Kier molecular flexibility index (Phi) is 2.23. The second kappa shape index (κ2) is 3.54. The molecule has 1 aromatic heterocycles. The first kappa shape index (κ1) is 8.81. The van der Waals surface area contributed by atoms with Gasteiger partial charge in [-0.05, 0) is 35.9 Å². The lowest BCUT2D eigenvalue weighted by Crippen LogP contribution is -1.95. The van der Waals surface area contributed by atoms with Gasteiger partial charge in [0.25, 0.3) is 0 Å². The molecule has 14 heavy (non-hydrogen) atoms. The summed E-state index contributed by atoms with van der Waals surface area (Å²) >= 11 is 0. The van der Waals surface area contributed by atoms with Gasteiger partial charge in [0.05, 0.1) is 6.26 Å². The van der Waals surface area contributed by atoms with Crippen molar-refractivity contribution in [1.29, 1.82) is 0 Å². The molecule has 0 saturated heterocycles. The summed E-state index contributed by atoms with van der Waals surface area (Å²) in [5.41, 5.74) is 7.03. The third-order valence-electron chi connectivity index (χ3n) is 2.05. The lowest BCUT2D eigenvalue weighted by molar-refractivity contribution is 0.520. The average Bonchev–Trinajstić information content (AvgIpc) is 2.64. The molecule has 0 fully saturated rings. The lowest BCUT2D eigenvalue weighted by atomic mass is 10.1. The number of benzene rings is 1. The largest absolute Gasteiger partial charge is 0.469 e. The molecule has 0 aliphatic rings. The van der Waals surface area contributed by atoms with E-state index in [1.807, 2.05) is 6.07 Å². The van der Waals surface area contributed by atoms with E-state index in [9.17, 15) is 4.39 Å². The molecule has 2 N–H and O–H groups in total. The van der Waals surface area contributed by atoms with E-state index in [2.05, 4.69) is 0 Å². The highest BCUT2D eigenvalue weighted by molar-refractivity contribution is 5.48. The first-order chi connectivity index (χ1) is 6.75. The molecule has 0 radical (unpaired) electrons. The summed E-state index contributed by atoms with van der Waals surface area (Å²) in [5.74, 6) is 0.503. The lowest BCUT2D eigenvalue weighted by Gasteiger charge is -2.03. The number of hydrogen-bond donors (Lipinski definition) is 1. The van der Waals surface area contributed by atoms with Crippen molar-refractivity contribution in [2.24, 2.45) is 0 Å². The fourth-order valence-corrected chi connectivity index (χ4v) is 1.33. The summed E-state index contributed by atoms with van der Waals surface area (Å²) < 4.78 is 18.0. The number of hydrogen-bond acceptors (Lipinski definition) is 2. The van der Waals surface area contributed by atoms with Crippen LogP contribution < -0.4 is 5.73 Å². The molecule has 2 aromatic rings. The van der Waals surface area contributed by atoms with E-state index in [0.29, 0.717) is 12.1 Å². The first-order valence-electron chi connectivity index (χ1n) is 4.32. The number of anilines is 1. The van der Waals surface area contributed by atoms with Gasteiger partial charge in [-0.25, -0.2) is 4.39 Å². The molecule has 72 valence electrons. The zero-order chi connectivity index (χ0) is 9.97. The van der Waals surface area contributed by atoms with Crippen LogP contribution in [0.1, 0.15) is 11.3 Å². The molecular formula is C11H10FNO. The minimum absolute atomic E-state index is 0.277. The van der Waals surface area contributed by atoms with Gasteiger partial charge in [0.1, 0.15) is 11.6 Å². The molecule has 0 unspecified atom stereocenters. The summed E-state index contributed by atoms with van der Waals surface area (Å²) in [4.78, 5) is 0. The average molecular weight is 191 g/mol. The first-order valence-corrected chi connectivity index (χ1v) is 4.32. The monoisotopic (exact) mass is 191 g/mol. The molecule has 0 amide bonds. The molecule has 2 rings (SSSR count). The van der Waals surface area contributed by atoms with Gasteiger partial charge in [-0.1, -0.05) is 0 Å². The minimum atomic E-state index is -0.277. The number of halogens is 1. The van der Waals surface area contributed by atoms with Crippen molar-refractivity contribution in [2.75, 3.05) is 5.73 Å². The number of furan rings is 1. The molecule has 1 heterocycles. The Bertz CT molecular complexity index is 423. The second-order valence-electron chi connectivity index (χ2n) is 3.10. The highest BCUT2D eigenvalue weighted by Crippen LogP contribution is 2.17. The summed E-state index contributed by atoms with van der Waals surface area (Å²) in [6.07, 6.45) is 2.11. The zero-order valence-corrected chi connectivity index (χ0v) is 7.53. The maximum atomic E-state index is 12.9. The molecule has 1 aromatic carbocycles. The molecule has 0 aliphatic carbocycles. The van der Waals surface area contributed by atoms with E-state index >= 15 is 0 Å². The van der Waals surface area contributed by atoms with E-state index in [1.54, 1.807) is 18.4 Å². The van der Waals surface area contributed by atoms with Crippen LogP contribution in [0.4, 0.5) is 10.1 Å². The van der Waals surface area contributed by atoms with Crippen LogP contribution >= 0.6 is 0 Å². The minimum Gasteiger partial charge on any atom is -0.469 e. The van der Waals surface area contributed by atoms with Gasteiger partial charge < -0.3 is 10.2 Å². The third kappa shape index (κ3) is 1.76. The van der Waals surface area contributed by atoms with E-state index in [-0.39, 0.29) is 5.82 Å². The Morgan fingerprint density at radius 3 is 2.86 bits per heavy atom. The smallest absolute Gasteiger partial charge is 0.123 e. The quantitative estimate of drug-likeness (QED) is 0.741. The van der Waals surface area contributed by atoms with Crippen molar-refractivity contribution in [3.05, 3.63) is 53.7 Å². The Balaban J connectivity index is 2.28. The van der Waals surface area contributed by atoms with Crippen molar-refractivity contribution >= 4 is 5.69 Å². The highest BCUT2D eigenvalue weighted by Gasteiger charge is 2.04. The maximum absolute atomic E-state index is 12.9. The molecule has 0 saturated carbocycles. The Morgan fingerprint density at radius 2 is 2.14 bits per heavy atom. The van der Waals surface area contributed by atoms with E-state index in [1.165, 1.54) is 12.1 Å². The van der Waals surface area contributed by atoms with E-state index in [0.717, 1.165) is 11.3 Å². The Hall–Kier alpha value is -1.77. The zero-order valence-electron chi connectivity index (χ0n) is 7.53. The van der Waals surface area contributed by atoms with Gasteiger partial charge in [0, 0.05) is 12.1 Å². The standard InChI is InChI=1S/C11H10FNO/c12-9-3-4-11(13)8(6-9)7-10-2-1-5-14-10/h1-6H,7,13H2. The van der Waals surface area contributed by atoms with Crippen molar-refractivity contribution in [2.45, 2.75) is 6.42 Å². The van der Waals surface area contributed by atoms with Crippen LogP contribution in [-0.2, 0) is 6.42 Å². The maximum Gasteiger partial charge on any atom is 0.123 e. The van der Waals surface area contributed by atoms with Crippen molar-refractivity contribution in [3.63, 3.8) is 0 Å². The van der Waals surface area contributed by atoms with Gasteiger partial charge in [0.15, 0.2) is 0 Å². The Labute approximate surface area is 81.2 Å². The van der Waals surface area contributed by atoms with E-state index < -0.39 is 0 Å². The molecule has 0 aliphatic heterocycles. The molecule has 2 nitrogen and oxygen atoms in total. The van der Waals surface area contributed by atoms with Gasteiger partial charge in [-0.2, -0.15) is 0 Å². The number of nitrogens with two attached hydrogens (primary N) is 1. The number of nitrogen functional groups attached to an aromatic ring is 1. The molecule has 0 atom stereocenters. The predicted molar refractivity (Wildman–Crippen MR) is 52.3 cm³/mol. The number of rotatable bonds is 2. The molecule has 0 bridgehead atoms. The van der Waals surface area contributed by atoms with Crippen molar-refractivity contribution in [3.8, 4) is 0 Å². The van der Waals surface area contributed by atoms with Crippen molar-refractivity contribution in [1.82, 2.24) is 0 Å². The topological polar surface area (TPSA) is 39.2 Å². The van der Waals surface area contributed by atoms with Crippen molar-refractivity contribution < 1.29 is 8.81 Å². The van der Waals surface area contributed by atoms with Gasteiger partial charge in [-0.3, -0.25) is 0 Å². The predicted octanol–water partition coefficient (Wildman–Crippen LogP) is 2.59. The van der Waals surface area contributed by atoms with Crippen LogP contribution in [0.25, 0.3) is 0 Å². The fourth-order valence-electron chi connectivity index (χ4n) is 1.33. The molecular weight excluding hydrogens is 181 g/mol. The summed E-state index contributed by atoms with van der Waals surface area (Å²) in [6.45, 7) is 0. The normalized spacial score (nSPS) is 10.4. The van der Waals surface area contributed by atoms with Crippen LogP contribution in [0.15, 0.2) is 41.0 Å². The second-order valence-corrected chi connectivity index (χ2v) is 3.10. The summed E-state index contributed by atoms with van der Waals surface area (Å²) in [6, 6.07) is 7.97. The summed E-state index contributed by atoms with van der Waals surface area (Å²) in [7, 11) is 0. The van der Waals surface area contributed by atoms with Crippen LogP contribution in [0.3, 0.4) is 0 Å². The fraction of sp³-hybridized carbons (Fsp3) is 0.0909. The van der Waals surface area contributed by atoms with Crippen LogP contribution in [0.5, 0.6) is 0 Å². The third-order valence-corrected chi connectivity index (χ3v) is 2.05. The SMILES string of the molecule is Nc1ccc(F)cc1Cc1ccco1. The van der Waals surface area contributed by atoms with Gasteiger partial charge in [-0.15, -0.1) is 0 Å². The van der Waals surface area contributed by atoms with Crippen LogP contribution in [-0.4, -0.2) is 0 Å². The van der Waals surface area contributed by atoms with Crippen LogP contribution in [0.2, 0.25) is 0 Å².